The zero-order valence-electron chi connectivity index (χ0n) is 23.5. The summed E-state index contributed by atoms with van der Waals surface area (Å²) in [6, 6.07) is 7.38. The first-order chi connectivity index (χ1) is 20.1. The molecule has 0 unspecified atom stereocenters. The Morgan fingerprint density at radius 3 is 2.45 bits per heavy atom. The van der Waals surface area contributed by atoms with E-state index in [-0.39, 0.29) is 27.5 Å². The summed E-state index contributed by atoms with van der Waals surface area (Å²) in [6.45, 7) is 6.90. The molecule has 0 atom stereocenters. The van der Waals surface area contributed by atoms with Crippen LogP contribution in [-0.4, -0.2) is 78.2 Å². The molecule has 0 bridgehead atoms. The number of allylic oxidation sites excluding steroid dienone is 1. The Labute approximate surface area is 247 Å². The molecule has 1 amide bonds. The Morgan fingerprint density at radius 1 is 1.02 bits per heavy atom. The van der Waals surface area contributed by atoms with Crippen molar-refractivity contribution in [3.05, 3.63) is 59.6 Å². The smallest absolute Gasteiger partial charge is 0.273 e. The fourth-order valence-electron chi connectivity index (χ4n) is 4.71. The number of anilines is 2. The van der Waals surface area contributed by atoms with Crippen LogP contribution in [0.15, 0.2) is 53.2 Å². The first kappa shape index (κ1) is 29.1. The average Bonchev–Trinajstić information content (AvgIpc) is 3.33. The molecule has 1 aliphatic heterocycles. The van der Waals surface area contributed by atoms with Crippen LogP contribution >= 0.6 is 11.3 Å². The number of aromatic nitrogens is 4. The van der Waals surface area contributed by atoms with Gasteiger partial charge in [-0.25, -0.2) is 28.4 Å². The minimum atomic E-state index is -3.92. The Bertz CT molecular complexity index is 1810. The van der Waals surface area contributed by atoms with Crippen molar-refractivity contribution in [1.29, 1.82) is 0 Å². The van der Waals surface area contributed by atoms with Gasteiger partial charge in [-0.3, -0.25) is 14.3 Å². The zero-order chi connectivity index (χ0) is 30.0. The van der Waals surface area contributed by atoms with Crippen molar-refractivity contribution < 1.29 is 22.7 Å². The van der Waals surface area contributed by atoms with E-state index in [1.807, 2.05) is 18.2 Å². The lowest BCUT2D eigenvalue weighted by molar-refractivity contribution is -0.126. The lowest BCUT2D eigenvalue weighted by atomic mass is 10.0. The van der Waals surface area contributed by atoms with Crippen molar-refractivity contribution in [2.45, 2.75) is 25.0 Å². The van der Waals surface area contributed by atoms with E-state index in [0.717, 1.165) is 33.6 Å². The molecule has 1 saturated heterocycles. The van der Waals surface area contributed by atoms with E-state index in [0.29, 0.717) is 42.4 Å². The number of sulfonamides is 1. The van der Waals surface area contributed by atoms with E-state index >= 15 is 0 Å². The molecule has 1 aromatic carbocycles. The maximum atomic E-state index is 13.2. The zero-order valence-corrected chi connectivity index (χ0v) is 25.1. The second kappa shape index (κ2) is 11.8. The van der Waals surface area contributed by atoms with Gasteiger partial charge >= 0.3 is 0 Å². The molecule has 0 saturated carbocycles. The highest BCUT2D eigenvalue weighted by atomic mass is 32.2. The fourth-order valence-corrected chi connectivity index (χ4v) is 7.24. The van der Waals surface area contributed by atoms with Crippen LogP contribution in [0.25, 0.3) is 22.0 Å². The van der Waals surface area contributed by atoms with Crippen molar-refractivity contribution in [2.24, 2.45) is 0 Å². The second-order valence-electron chi connectivity index (χ2n) is 9.68. The Kier molecular flexibility index (Phi) is 8.18. The number of ether oxygens (including phenoxy) is 1. The molecule has 3 aromatic heterocycles. The molecular weight excluding hydrogens is 578 g/mol. The molecule has 5 rings (SSSR count). The first-order valence-electron chi connectivity index (χ1n) is 13.0. The molecule has 1 N–H and O–H groups in total. The fraction of sp³-hybridized carbons (Fsp3) is 0.286. The Balaban J connectivity index is 1.43. The van der Waals surface area contributed by atoms with E-state index in [1.54, 1.807) is 31.0 Å². The number of nitrogens with one attached hydrogen (secondary N) is 1. The lowest BCUT2D eigenvalue weighted by Gasteiger charge is -2.35. The van der Waals surface area contributed by atoms with Crippen LogP contribution in [0.1, 0.15) is 17.6 Å². The van der Waals surface area contributed by atoms with Gasteiger partial charge in [-0.05, 0) is 50.6 Å². The minimum Gasteiger partial charge on any atom is -0.480 e. The van der Waals surface area contributed by atoms with Gasteiger partial charge in [0.1, 0.15) is 17.8 Å². The summed E-state index contributed by atoms with van der Waals surface area (Å²) in [5.74, 6) is 0.494. The molecule has 4 heterocycles. The number of methoxy groups -OCH3 is 1. The van der Waals surface area contributed by atoms with Crippen LogP contribution in [-0.2, 0) is 19.6 Å². The van der Waals surface area contributed by atoms with Gasteiger partial charge in [0.15, 0.2) is 9.99 Å². The quantitative estimate of drug-likeness (QED) is 0.296. The summed E-state index contributed by atoms with van der Waals surface area (Å²) in [4.78, 5) is 44.9. The summed E-state index contributed by atoms with van der Waals surface area (Å²) >= 11 is 1.10. The summed E-state index contributed by atoms with van der Waals surface area (Å²) in [5.41, 5.74) is 2.81. The first-order valence-corrected chi connectivity index (χ1v) is 15.3. The Morgan fingerprint density at radius 2 is 1.79 bits per heavy atom. The molecule has 42 heavy (non-hydrogen) atoms. The molecule has 1 aliphatic rings. The summed E-state index contributed by atoms with van der Waals surface area (Å²) < 4.78 is 34.5. The number of fused-ring (bicyclic) bond motifs is 1. The molecule has 0 spiro atoms. The number of pyridine rings is 1. The monoisotopic (exact) mass is 607 g/mol. The number of rotatable bonds is 8. The van der Waals surface area contributed by atoms with E-state index in [4.69, 9.17) is 4.74 Å². The number of hydrogen-bond acceptors (Lipinski definition) is 11. The van der Waals surface area contributed by atoms with Gasteiger partial charge in [0.2, 0.25) is 11.8 Å². The third-order valence-corrected chi connectivity index (χ3v) is 9.74. The molecule has 4 aromatic rings. The molecule has 14 heteroatoms. The SMILES string of the molecule is COc1ncc(-c2ccc3ncnc(N4CCN(C(=O)/C=C/C(C)=O)CC4)c3c2)cc1NS(=O)(=O)c1sc(C)nc1C. The standard InChI is InChI=1S/C28H29N7O5S2/c1-17(36)5-8-25(37)34-9-11-35(12-10-34)26-22-13-20(6-7-23(22)30-16-31-26)21-14-24(27(40-4)29-15-21)33-42(38,39)28-18(2)32-19(3)41-28/h5-8,13-16,33H,9-12H2,1-4H3/b8-5+. The van der Waals surface area contributed by atoms with Crippen molar-refractivity contribution in [3.8, 4) is 17.0 Å². The van der Waals surface area contributed by atoms with Crippen LogP contribution in [0.2, 0.25) is 0 Å². The van der Waals surface area contributed by atoms with Crippen LogP contribution in [0.5, 0.6) is 5.88 Å². The third-order valence-electron chi connectivity index (χ3n) is 6.69. The largest absolute Gasteiger partial charge is 0.480 e. The lowest BCUT2D eigenvalue weighted by Crippen LogP contribution is -2.48. The summed E-state index contributed by atoms with van der Waals surface area (Å²) in [5, 5.41) is 1.46. The number of nitrogens with zero attached hydrogens (tertiary/aromatic N) is 6. The van der Waals surface area contributed by atoms with Gasteiger partial charge in [-0.2, -0.15) is 0 Å². The van der Waals surface area contributed by atoms with Crippen LogP contribution in [0.4, 0.5) is 11.5 Å². The van der Waals surface area contributed by atoms with Crippen molar-refractivity contribution in [2.75, 3.05) is 42.9 Å². The summed E-state index contributed by atoms with van der Waals surface area (Å²) in [6.07, 6.45) is 5.71. The number of carbonyl (C=O) groups excluding carboxylic acids is 2. The van der Waals surface area contributed by atoms with Gasteiger partial charge in [-0.1, -0.05) is 6.07 Å². The van der Waals surface area contributed by atoms with Gasteiger partial charge in [0.25, 0.3) is 10.0 Å². The topological polar surface area (TPSA) is 148 Å². The minimum absolute atomic E-state index is 0.136. The number of thiazole rings is 1. The molecule has 0 radical (unpaired) electrons. The molecule has 0 aliphatic carbocycles. The number of ketones is 1. The molecule has 1 fully saturated rings. The molecular formula is C28H29N7O5S2. The van der Waals surface area contributed by atoms with Crippen molar-refractivity contribution in [3.63, 3.8) is 0 Å². The van der Waals surface area contributed by atoms with Crippen molar-refractivity contribution in [1.82, 2.24) is 24.8 Å². The van der Waals surface area contributed by atoms with Crippen LogP contribution < -0.4 is 14.4 Å². The number of aryl methyl sites for hydroxylation is 2. The predicted molar refractivity (Wildman–Crippen MR) is 160 cm³/mol. The van der Waals surface area contributed by atoms with Gasteiger partial charge in [0, 0.05) is 49.4 Å². The highest BCUT2D eigenvalue weighted by Crippen LogP contribution is 2.34. The predicted octanol–water partition coefficient (Wildman–Crippen LogP) is 3.37. The number of piperazine rings is 1. The van der Waals surface area contributed by atoms with Gasteiger partial charge in [-0.15, -0.1) is 11.3 Å². The van der Waals surface area contributed by atoms with E-state index in [9.17, 15) is 18.0 Å². The maximum Gasteiger partial charge on any atom is 0.273 e. The summed E-state index contributed by atoms with van der Waals surface area (Å²) in [7, 11) is -2.49. The molecule has 12 nitrogen and oxygen atoms in total. The number of hydrogen-bond donors (Lipinski definition) is 1. The van der Waals surface area contributed by atoms with E-state index < -0.39 is 10.0 Å². The second-order valence-corrected chi connectivity index (χ2v) is 12.8. The van der Waals surface area contributed by atoms with Crippen molar-refractivity contribution >= 4 is 55.5 Å². The van der Waals surface area contributed by atoms with Gasteiger partial charge in [0.05, 0.1) is 23.3 Å². The highest BCUT2D eigenvalue weighted by Gasteiger charge is 2.24. The number of benzene rings is 1. The van der Waals surface area contributed by atoms with Crippen LogP contribution in [0.3, 0.4) is 0 Å². The number of carbonyl (C=O) groups is 2. The Hall–Kier alpha value is -4.43. The van der Waals surface area contributed by atoms with E-state index in [1.165, 1.54) is 32.5 Å². The maximum absolute atomic E-state index is 13.2. The highest BCUT2D eigenvalue weighted by molar-refractivity contribution is 7.94. The normalized spacial score (nSPS) is 14.0. The van der Waals surface area contributed by atoms with Gasteiger partial charge < -0.3 is 14.5 Å². The molecule has 218 valence electrons. The van der Waals surface area contributed by atoms with Crippen LogP contribution in [0, 0.1) is 13.8 Å². The average molecular weight is 608 g/mol. The van der Waals surface area contributed by atoms with E-state index in [2.05, 4.69) is 29.6 Å². The number of amides is 1. The third kappa shape index (κ3) is 6.09.